The van der Waals surface area contributed by atoms with Crippen molar-refractivity contribution in [1.82, 2.24) is 14.9 Å². The second-order valence-corrected chi connectivity index (χ2v) is 9.79. The van der Waals surface area contributed by atoms with E-state index in [9.17, 15) is 14.9 Å². The van der Waals surface area contributed by atoms with Crippen LogP contribution < -0.4 is 10.9 Å². The molecule has 2 atom stereocenters. The summed E-state index contributed by atoms with van der Waals surface area (Å²) in [6.07, 6.45) is 1.64. The number of hydrogen-bond donors (Lipinski definition) is 1. The lowest BCUT2D eigenvalue weighted by molar-refractivity contribution is -0.121. The highest BCUT2D eigenvalue weighted by molar-refractivity contribution is 8.00. The summed E-state index contributed by atoms with van der Waals surface area (Å²) in [5, 5.41) is 12.8. The number of allylic oxidation sites excluding steroid dienone is 1. The highest BCUT2D eigenvalue weighted by atomic mass is 32.2. The van der Waals surface area contributed by atoms with Gasteiger partial charge in [0.1, 0.15) is 10.4 Å². The molecule has 8 heteroatoms. The van der Waals surface area contributed by atoms with Crippen LogP contribution in [0.4, 0.5) is 0 Å². The van der Waals surface area contributed by atoms with Crippen molar-refractivity contribution in [3.05, 3.63) is 33.4 Å². The molecule has 28 heavy (non-hydrogen) atoms. The molecule has 2 aromatic heterocycles. The topological polar surface area (TPSA) is 87.8 Å². The molecule has 0 saturated carbocycles. The molecule has 1 amide bonds. The summed E-state index contributed by atoms with van der Waals surface area (Å²) in [5.74, 6) is -0.301. The van der Waals surface area contributed by atoms with Crippen LogP contribution in [-0.2, 0) is 11.3 Å². The maximum absolute atomic E-state index is 13.0. The minimum absolute atomic E-state index is 0.0378. The van der Waals surface area contributed by atoms with Gasteiger partial charge in [0.05, 0.1) is 16.7 Å². The van der Waals surface area contributed by atoms with E-state index < -0.39 is 10.8 Å². The van der Waals surface area contributed by atoms with Crippen molar-refractivity contribution in [2.45, 2.75) is 64.0 Å². The molecular formula is C20H26N4O2S2. The molecule has 0 aromatic carbocycles. The van der Waals surface area contributed by atoms with E-state index in [1.165, 1.54) is 23.1 Å². The smallest absolute Gasteiger partial charge is 0.263 e. The molecule has 0 aliphatic rings. The molecule has 0 fully saturated rings. The third-order valence-electron chi connectivity index (χ3n) is 4.99. The minimum Gasteiger partial charge on any atom is -0.337 e. The van der Waals surface area contributed by atoms with E-state index in [0.29, 0.717) is 21.9 Å². The largest absolute Gasteiger partial charge is 0.337 e. The Hall–Kier alpha value is -2.11. The van der Waals surface area contributed by atoms with E-state index >= 15 is 0 Å². The summed E-state index contributed by atoms with van der Waals surface area (Å²) in [6.45, 7) is 15.2. The summed E-state index contributed by atoms with van der Waals surface area (Å²) < 4.78 is 1.55. The van der Waals surface area contributed by atoms with Crippen LogP contribution in [0.2, 0.25) is 0 Å². The van der Waals surface area contributed by atoms with Gasteiger partial charge in [-0.15, -0.1) is 17.9 Å². The Bertz CT molecular complexity index is 1020. The van der Waals surface area contributed by atoms with Crippen molar-refractivity contribution in [2.24, 2.45) is 5.92 Å². The Morgan fingerprint density at radius 3 is 2.64 bits per heavy atom. The van der Waals surface area contributed by atoms with Crippen LogP contribution in [-0.4, -0.2) is 26.2 Å². The second-order valence-electron chi connectivity index (χ2n) is 7.28. The lowest BCUT2D eigenvalue weighted by Gasteiger charge is -2.28. The average molecular weight is 419 g/mol. The first kappa shape index (κ1) is 22.2. The van der Waals surface area contributed by atoms with Crippen LogP contribution in [0.5, 0.6) is 0 Å². The van der Waals surface area contributed by atoms with Gasteiger partial charge in [0.15, 0.2) is 5.16 Å². The number of thiophene rings is 1. The highest BCUT2D eigenvalue weighted by Crippen LogP contribution is 2.30. The zero-order valence-corrected chi connectivity index (χ0v) is 18.8. The third kappa shape index (κ3) is 4.15. The fourth-order valence-electron chi connectivity index (χ4n) is 2.56. The van der Waals surface area contributed by atoms with Crippen LogP contribution in [0.25, 0.3) is 10.2 Å². The predicted octanol–water partition coefficient (Wildman–Crippen LogP) is 3.80. The van der Waals surface area contributed by atoms with E-state index in [0.717, 1.165) is 10.4 Å². The Morgan fingerprint density at radius 1 is 1.46 bits per heavy atom. The lowest BCUT2D eigenvalue weighted by atomic mass is 9.90. The van der Waals surface area contributed by atoms with Gasteiger partial charge in [-0.1, -0.05) is 31.7 Å². The second kappa shape index (κ2) is 8.50. The number of nitrogens with one attached hydrogen (secondary N) is 1. The molecule has 0 bridgehead atoms. The Labute approximate surface area is 173 Å². The SMILES string of the molecule is C=CCn1c(S[C@@H](C)C(=O)N[C@](C)(C#N)C(C)C)nc2sc(C)c(C)c2c1=O. The van der Waals surface area contributed by atoms with Crippen LogP contribution in [0, 0.1) is 31.1 Å². The summed E-state index contributed by atoms with van der Waals surface area (Å²) in [4.78, 5) is 32.1. The number of aromatic nitrogens is 2. The zero-order chi connectivity index (χ0) is 21.2. The van der Waals surface area contributed by atoms with E-state index in [1.807, 2.05) is 27.7 Å². The number of nitrogens with zero attached hydrogens (tertiary/aromatic N) is 3. The number of hydrogen-bond acceptors (Lipinski definition) is 6. The average Bonchev–Trinajstić information content (AvgIpc) is 2.91. The molecule has 6 nitrogen and oxygen atoms in total. The van der Waals surface area contributed by atoms with Gasteiger partial charge in [-0.25, -0.2) is 4.98 Å². The molecule has 0 spiro atoms. The molecule has 0 radical (unpaired) electrons. The number of thioether (sulfide) groups is 1. The number of nitriles is 1. The normalized spacial score (nSPS) is 14.5. The van der Waals surface area contributed by atoms with E-state index in [1.54, 1.807) is 24.5 Å². The maximum atomic E-state index is 13.0. The standard InChI is InChI=1S/C20H26N4O2S2/c1-8-9-24-18(26)15-12(4)13(5)27-17(15)22-19(24)28-14(6)16(25)23-20(7,10-21)11(2)3/h8,11,14H,1,9H2,2-7H3,(H,23,25)/t14-,20+/m0/s1. The monoisotopic (exact) mass is 418 g/mol. The van der Waals surface area contributed by atoms with Crippen molar-refractivity contribution in [1.29, 1.82) is 5.26 Å². The van der Waals surface area contributed by atoms with Crippen molar-refractivity contribution in [2.75, 3.05) is 0 Å². The van der Waals surface area contributed by atoms with Gasteiger partial charge in [0, 0.05) is 11.4 Å². The molecule has 0 aliphatic heterocycles. The Kier molecular flexibility index (Phi) is 6.73. The number of amides is 1. The predicted molar refractivity (Wildman–Crippen MR) is 116 cm³/mol. The first-order chi connectivity index (χ1) is 13.1. The summed E-state index contributed by atoms with van der Waals surface area (Å²) >= 11 is 2.69. The van der Waals surface area contributed by atoms with Crippen LogP contribution in [0.3, 0.4) is 0 Å². The number of rotatable bonds is 7. The summed E-state index contributed by atoms with van der Waals surface area (Å²) in [6, 6.07) is 2.18. The van der Waals surface area contributed by atoms with Crippen molar-refractivity contribution >= 4 is 39.2 Å². The van der Waals surface area contributed by atoms with Gasteiger partial charge < -0.3 is 5.32 Å². The van der Waals surface area contributed by atoms with E-state index in [2.05, 4.69) is 22.9 Å². The van der Waals surface area contributed by atoms with Gasteiger partial charge in [0.25, 0.3) is 5.56 Å². The van der Waals surface area contributed by atoms with Crippen molar-refractivity contribution in [3.8, 4) is 6.07 Å². The van der Waals surface area contributed by atoms with Crippen LogP contribution in [0.15, 0.2) is 22.6 Å². The summed E-state index contributed by atoms with van der Waals surface area (Å²) in [7, 11) is 0. The zero-order valence-electron chi connectivity index (χ0n) is 17.1. The van der Waals surface area contributed by atoms with Crippen molar-refractivity contribution < 1.29 is 4.79 Å². The Balaban J connectivity index is 2.41. The highest BCUT2D eigenvalue weighted by Gasteiger charge is 2.32. The van der Waals surface area contributed by atoms with Gasteiger partial charge in [-0.2, -0.15) is 5.26 Å². The van der Waals surface area contributed by atoms with Gasteiger partial charge in [-0.3, -0.25) is 14.2 Å². The first-order valence-electron chi connectivity index (χ1n) is 9.07. The maximum Gasteiger partial charge on any atom is 0.263 e. The van der Waals surface area contributed by atoms with Gasteiger partial charge in [-0.05, 0) is 39.2 Å². The molecule has 0 saturated heterocycles. The van der Waals surface area contributed by atoms with Gasteiger partial charge >= 0.3 is 0 Å². The first-order valence-corrected chi connectivity index (χ1v) is 10.8. The van der Waals surface area contributed by atoms with E-state index in [-0.39, 0.29) is 17.4 Å². The van der Waals surface area contributed by atoms with E-state index in [4.69, 9.17) is 0 Å². The molecule has 150 valence electrons. The minimum atomic E-state index is -0.952. The fourth-order valence-corrected chi connectivity index (χ4v) is 4.55. The number of aryl methyl sites for hydroxylation is 2. The third-order valence-corrected chi connectivity index (χ3v) is 7.18. The molecule has 2 heterocycles. The molecule has 1 N–H and O–H groups in total. The Morgan fingerprint density at radius 2 is 2.11 bits per heavy atom. The summed E-state index contributed by atoms with van der Waals surface area (Å²) in [5.41, 5.74) is -0.128. The molecular weight excluding hydrogens is 392 g/mol. The molecule has 0 aliphatic carbocycles. The number of carbonyl (C=O) groups excluding carboxylic acids is 1. The van der Waals surface area contributed by atoms with Crippen LogP contribution in [0.1, 0.15) is 38.1 Å². The van der Waals surface area contributed by atoms with Crippen molar-refractivity contribution in [3.63, 3.8) is 0 Å². The molecule has 0 unspecified atom stereocenters. The van der Waals surface area contributed by atoms with Gasteiger partial charge in [0.2, 0.25) is 5.91 Å². The number of carbonyl (C=O) groups is 1. The van der Waals surface area contributed by atoms with Crippen LogP contribution >= 0.6 is 23.1 Å². The fraction of sp³-hybridized carbons (Fsp3) is 0.500. The number of fused-ring (bicyclic) bond motifs is 1. The lowest BCUT2D eigenvalue weighted by Crippen LogP contribution is -2.51. The molecule has 2 rings (SSSR count). The quantitative estimate of drug-likeness (QED) is 0.420. The molecule has 2 aromatic rings.